The van der Waals surface area contributed by atoms with Gasteiger partial charge in [0.25, 0.3) is 5.91 Å². The fourth-order valence-corrected chi connectivity index (χ4v) is 4.24. The molecule has 27 heavy (non-hydrogen) atoms. The largest absolute Gasteiger partial charge is 0.336 e. The zero-order valence-corrected chi connectivity index (χ0v) is 17.1. The summed E-state index contributed by atoms with van der Waals surface area (Å²) < 4.78 is 0. The number of anilines is 1. The van der Waals surface area contributed by atoms with Gasteiger partial charge in [-0.1, -0.05) is 17.7 Å². The molecule has 1 aromatic heterocycles. The van der Waals surface area contributed by atoms with Crippen LogP contribution in [-0.2, 0) is 11.3 Å². The summed E-state index contributed by atoms with van der Waals surface area (Å²) in [7, 11) is 0. The summed E-state index contributed by atoms with van der Waals surface area (Å²) in [5, 5.41) is 3.32. The first-order valence-corrected chi connectivity index (χ1v) is 10.2. The van der Waals surface area contributed by atoms with Crippen LogP contribution in [0.1, 0.15) is 29.9 Å². The third-order valence-electron chi connectivity index (χ3n) is 4.58. The van der Waals surface area contributed by atoms with Gasteiger partial charge in [-0.2, -0.15) is 0 Å². The Hall–Kier alpha value is -1.96. The third-order valence-corrected chi connectivity index (χ3v) is 5.73. The van der Waals surface area contributed by atoms with Gasteiger partial charge in [-0.05, 0) is 25.1 Å². The lowest BCUT2D eigenvalue weighted by atomic mass is 10.2. The summed E-state index contributed by atoms with van der Waals surface area (Å²) in [6, 6.07) is 7.07. The highest BCUT2D eigenvalue weighted by molar-refractivity contribution is 7.14. The van der Waals surface area contributed by atoms with Crippen molar-refractivity contribution >= 4 is 39.9 Å². The van der Waals surface area contributed by atoms with Gasteiger partial charge in [0.1, 0.15) is 0 Å². The molecule has 0 radical (unpaired) electrons. The van der Waals surface area contributed by atoms with E-state index in [0.29, 0.717) is 30.2 Å². The van der Waals surface area contributed by atoms with E-state index < -0.39 is 0 Å². The number of carbonyl (C=O) groups excluding carboxylic acids is 2. The number of aromatic nitrogens is 1. The van der Waals surface area contributed by atoms with Crippen molar-refractivity contribution in [1.82, 2.24) is 14.8 Å². The molecule has 2 amide bonds. The van der Waals surface area contributed by atoms with Gasteiger partial charge in [-0.3, -0.25) is 19.4 Å². The maximum absolute atomic E-state index is 12.6. The number of carbonyl (C=O) groups is 2. The zero-order chi connectivity index (χ0) is 19.4. The van der Waals surface area contributed by atoms with Crippen LogP contribution in [0.3, 0.4) is 0 Å². The maximum atomic E-state index is 12.6. The SMILES string of the molecule is CCN(C(C)=O)c1nc(CN2CCN(C(=O)c3cccc(Cl)c3)CC2)cs1. The Kier molecular flexibility index (Phi) is 6.46. The predicted molar refractivity (Wildman–Crippen MR) is 108 cm³/mol. The van der Waals surface area contributed by atoms with Gasteiger partial charge < -0.3 is 4.90 Å². The summed E-state index contributed by atoms with van der Waals surface area (Å²) >= 11 is 7.48. The summed E-state index contributed by atoms with van der Waals surface area (Å²) in [5.41, 5.74) is 1.59. The van der Waals surface area contributed by atoms with Crippen LogP contribution < -0.4 is 4.90 Å². The zero-order valence-electron chi connectivity index (χ0n) is 15.5. The van der Waals surface area contributed by atoms with Gasteiger partial charge in [0, 0.05) is 62.2 Å². The number of nitrogens with zero attached hydrogens (tertiary/aromatic N) is 4. The minimum atomic E-state index is 0.00606. The molecule has 0 saturated carbocycles. The molecule has 1 aromatic carbocycles. The summed E-state index contributed by atoms with van der Waals surface area (Å²) in [4.78, 5) is 34.7. The number of hydrogen-bond acceptors (Lipinski definition) is 5. The van der Waals surface area contributed by atoms with Crippen LogP contribution in [0.5, 0.6) is 0 Å². The molecule has 0 aliphatic carbocycles. The van der Waals surface area contributed by atoms with E-state index in [2.05, 4.69) is 9.88 Å². The summed E-state index contributed by atoms with van der Waals surface area (Å²) in [5.74, 6) is 0.0275. The lowest BCUT2D eigenvalue weighted by Crippen LogP contribution is -2.48. The fourth-order valence-electron chi connectivity index (χ4n) is 3.13. The van der Waals surface area contributed by atoms with Gasteiger partial charge in [0.2, 0.25) is 5.91 Å². The normalized spacial score (nSPS) is 15.0. The second-order valence-corrected chi connectivity index (χ2v) is 7.74. The molecule has 1 saturated heterocycles. The van der Waals surface area contributed by atoms with Crippen molar-refractivity contribution in [2.24, 2.45) is 0 Å². The molecule has 0 bridgehead atoms. The van der Waals surface area contributed by atoms with Crippen LogP contribution in [0.4, 0.5) is 5.13 Å². The molecular weight excluding hydrogens is 384 g/mol. The van der Waals surface area contributed by atoms with Crippen LogP contribution >= 0.6 is 22.9 Å². The number of halogens is 1. The first-order valence-electron chi connectivity index (χ1n) is 8.97. The van der Waals surface area contributed by atoms with Crippen LogP contribution in [0.25, 0.3) is 0 Å². The van der Waals surface area contributed by atoms with Crippen molar-refractivity contribution in [2.45, 2.75) is 20.4 Å². The van der Waals surface area contributed by atoms with Gasteiger partial charge in [-0.15, -0.1) is 11.3 Å². The van der Waals surface area contributed by atoms with Crippen LogP contribution in [-0.4, -0.2) is 59.3 Å². The Morgan fingerprint density at radius 2 is 2.00 bits per heavy atom. The van der Waals surface area contributed by atoms with Crippen LogP contribution in [0.2, 0.25) is 5.02 Å². The molecule has 0 N–H and O–H groups in total. The Balaban J connectivity index is 1.55. The molecule has 0 atom stereocenters. The van der Waals surface area contributed by atoms with Crippen molar-refractivity contribution in [1.29, 1.82) is 0 Å². The second kappa shape index (κ2) is 8.82. The van der Waals surface area contributed by atoms with Gasteiger partial charge in [-0.25, -0.2) is 4.98 Å². The van der Waals surface area contributed by atoms with Gasteiger partial charge >= 0.3 is 0 Å². The van der Waals surface area contributed by atoms with Crippen molar-refractivity contribution in [2.75, 3.05) is 37.6 Å². The third kappa shape index (κ3) is 4.86. The molecule has 0 unspecified atom stereocenters. The number of thiazole rings is 1. The van der Waals surface area contributed by atoms with Crippen molar-refractivity contribution in [3.63, 3.8) is 0 Å². The minimum Gasteiger partial charge on any atom is -0.336 e. The Morgan fingerprint density at radius 1 is 1.26 bits per heavy atom. The molecular formula is C19H23ClN4O2S. The number of rotatable bonds is 5. The Bertz CT molecular complexity index is 818. The number of piperazine rings is 1. The van der Waals surface area contributed by atoms with E-state index in [-0.39, 0.29) is 11.8 Å². The highest BCUT2D eigenvalue weighted by Crippen LogP contribution is 2.22. The number of benzene rings is 1. The number of amides is 2. The first-order chi connectivity index (χ1) is 13.0. The molecule has 2 heterocycles. The monoisotopic (exact) mass is 406 g/mol. The van der Waals surface area contributed by atoms with E-state index in [9.17, 15) is 9.59 Å². The second-order valence-electron chi connectivity index (χ2n) is 6.46. The lowest BCUT2D eigenvalue weighted by molar-refractivity contribution is -0.116. The van der Waals surface area contributed by atoms with Crippen LogP contribution in [0, 0.1) is 0 Å². The molecule has 6 nitrogen and oxygen atoms in total. The lowest BCUT2D eigenvalue weighted by Gasteiger charge is -2.34. The number of hydrogen-bond donors (Lipinski definition) is 0. The van der Waals surface area contributed by atoms with E-state index in [4.69, 9.17) is 11.6 Å². The molecule has 3 rings (SSSR count). The minimum absolute atomic E-state index is 0.00606. The van der Waals surface area contributed by atoms with Crippen molar-refractivity contribution < 1.29 is 9.59 Å². The molecule has 1 aliphatic heterocycles. The summed E-state index contributed by atoms with van der Waals surface area (Å²) in [6.45, 7) is 7.79. The molecule has 1 fully saturated rings. The molecule has 1 aliphatic rings. The standard InChI is InChI=1S/C19H23ClN4O2S/c1-3-24(14(2)25)19-21-17(13-27-19)12-22-7-9-23(10-8-22)18(26)15-5-4-6-16(20)11-15/h4-6,11,13H,3,7-10,12H2,1-2H3. The van der Waals surface area contributed by atoms with E-state index in [0.717, 1.165) is 30.5 Å². The predicted octanol–water partition coefficient (Wildman–Crippen LogP) is 3.13. The maximum Gasteiger partial charge on any atom is 0.253 e. The van der Waals surface area contributed by atoms with E-state index in [1.54, 1.807) is 36.1 Å². The average molecular weight is 407 g/mol. The van der Waals surface area contributed by atoms with E-state index >= 15 is 0 Å². The van der Waals surface area contributed by atoms with Gasteiger partial charge in [0.05, 0.1) is 5.69 Å². The molecule has 144 valence electrons. The summed E-state index contributed by atoms with van der Waals surface area (Å²) in [6.07, 6.45) is 0. The fraction of sp³-hybridized carbons (Fsp3) is 0.421. The quantitative estimate of drug-likeness (QED) is 0.765. The molecule has 0 spiro atoms. The van der Waals surface area contributed by atoms with Crippen LogP contribution in [0.15, 0.2) is 29.6 Å². The first kappa shape index (κ1) is 19.8. The van der Waals surface area contributed by atoms with Crippen molar-refractivity contribution in [3.05, 3.63) is 45.9 Å². The van der Waals surface area contributed by atoms with E-state index in [1.165, 1.54) is 11.3 Å². The smallest absolute Gasteiger partial charge is 0.253 e. The molecule has 8 heteroatoms. The van der Waals surface area contributed by atoms with Gasteiger partial charge in [0.15, 0.2) is 5.13 Å². The van der Waals surface area contributed by atoms with Crippen molar-refractivity contribution in [3.8, 4) is 0 Å². The highest BCUT2D eigenvalue weighted by Gasteiger charge is 2.23. The van der Waals surface area contributed by atoms with E-state index in [1.807, 2.05) is 17.2 Å². The molecule has 2 aromatic rings. The Morgan fingerprint density at radius 3 is 2.63 bits per heavy atom. The Labute approximate surface area is 168 Å². The topological polar surface area (TPSA) is 56.8 Å². The highest BCUT2D eigenvalue weighted by atomic mass is 35.5. The average Bonchev–Trinajstić information content (AvgIpc) is 3.10.